The molecule has 24 heavy (non-hydrogen) atoms. The number of rotatable bonds is 5. The van der Waals surface area contributed by atoms with E-state index < -0.39 is 5.60 Å². The number of hydrogen-bond donors (Lipinski definition) is 5. The second-order valence-electron chi connectivity index (χ2n) is 7.86. The third-order valence-corrected chi connectivity index (χ3v) is 6.84. The molecule has 1 unspecified atom stereocenters. The summed E-state index contributed by atoms with van der Waals surface area (Å²) in [4.78, 5) is 0. The summed E-state index contributed by atoms with van der Waals surface area (Å²) in [6.07, 6.45) is 10.6. The van der Waals surface area contributed by atoms with Crippen molar-refractivity contribution >= 4 is 12.2 Å². The normalized spacial score (nSPS) is 42.5. The minimum Gasteiger partial charge on any atom is -0.389 e. The molecule has 0 amide bonds. The second-order valence-corrected chi connectivity index (χ2v) is 7.86. The van der Waals surface area contributed by atoms with Crippen molar-refractivity contribution in [3.8, 4) is 0 Å². The molecule has 2 aliphatic rings. The van der Waals surface area contributed by atoms with Crippen molar-refractivity contribution in [2.24, 2.45) is 39.2 Å². The lowest BCUT2D eigenvalue weighted by Crippen LogP contribution is -2.58. The van der Waals surface area contributed by atoms with Crippen LogP contribution in [0.2, 0.25) is 0 Å². The Morgan fingerprint density at radius 1 is 1.38 bits per heavy atom. The first kappa shape index (κ1) is 18.9. The fourth-order valence-electron chi connectivity index (χ4n) is 4.89. The molecule has 2 aliphatic carbocycles. The standard InChI is InChI=1S/C18H33N5O/c1-13-6-8-16(3)17(7-4-5-11-19,12-22-23-15(20)21)9-10-18(16,24)14(13)2/h4,7,12-14,24H,5-6,8-11,19H2,1-3H3,(H4,20,21,23)/b7-4?,22-12+/t13-,14?,16+,17-,18-/m0/s1. The van der Waals surface area contributed by atoms with Gasteiger partial charge in [0.25, 0.3) is 0 Å². The molecule has 0 aromatic rings. The van der Waals surface area contributed by atoms with Gasteiger partial charge in [0.05, 0.1) is 5.60 Å². The zero-order chi connectivity index (χ0) is 18.0. The number of allylic oxidation sites excluding steroid dienone is 1. The summed E-state index contributed by atoms with van der Waals surface area (Å²) in [6, 6.07) is 0. The Balaban J connectivity index is 2.43. The van der Waals surface area contributed by atoms with Crippen LogP contribution in [-0.2, 0) is 0 Å². The third-order valence-electron chi connectivity index (χ3n) is 6.84. The second kappa shape index (κ2) is 6.84. The van der Waals surface area contributed by atoms with Gasteiger partial charge >= 0.3 is 0 Å². The van der Waals surface area contributed by atoms with Crippen molar-refractivity contribution in [1.82, 2.24) is 5.43 Å². The Kier molecular flexibility index (Phi) is 5.40. The number of nitrogens with two attached hydrogens (primary N) is 2. The molecule has 0 bridgehead atoms. The first-order valence-corrected chi connectivity index (χ1v) is 8.97. The fourth-order valence-corrected chi connectivity index (χ4v) is 4.89. The molecule has 0 aromatic heterocycles. The van der Waals surface area contributed by atoms with Crippen molar-refractivity contribution < 1.29 is 5.11 Å². The Hall–Kier alpha value is -1.40. The maximum atomic E-state index is 11.6. The Bertz CT molecular complexity index is 534. The van der Waals surface area contributed by atoms with Crippen LogP contribution < -0.4 is 16.9 Å². The van der Waals surface area contributed by atoms with E-state index in [9.17, 15) is 5.11 Å². The Morgan fingerprint density at radius 3 is 2.71 bits per heavy atom. The minimum absolute atomic E-state index is 0.184. The largest absolute Gasteiger partial charge is 0.389 e. The van der Waals surface area contributed by atoms with E-state index in [-0.39, 0.29) is 22.7 Å². The molecule has 5 atom stereocenters. The van der Waals surface area contributed by atoms with Crippen LogP contribution in [0.3, 0.4) is 0 Å². The summed E-state index contributed by atoms with van der Waals surface area (Å²) >= 11 is 0. The van der Waals surface area contributed by atoms with Gasteiger partial charge in [-0.2, -0.15) is 5.10 Å². The molecule has 6 heteroatoms. The van der Waals surface area contributed by atoms with Crippen LogP contribution >= 0.6 is 0 Å². The lowest BCUT2D eigenvalue weighted by molar-refractivity contribution is -0.152. The third kappa shape index (κ3) is 2.86. The van der Waals surface area contributed by atoms with Crippen molar-refractivity contribution in [3.63, 3.8) is 0 Å². The van der Waals surface area contributed by atoms with E-state index in [1.165, 1.54) is 0 Å². The average molecular weight is 335 g/mol. The SMILES string of the molecule is CC1[C@@H](C)CC[C@]2(C)[C@](C=CCCN)(/C=N/NC(=N)N)CC[C@]12O. The monoisotopic (exact) mass is 335 g/mol. The summed E-state index contributed by atoms with van der Waals surface area (Å²) in [6.45, 7) is 7.20. The number of fused-ring (bicyclic) bond motifs is 1. The van der Waals surface area contributed by atoms with Gasteiger partial charge in [-0.3, -0.25) is 5.41 Å². The van der Waals surface area contributed by atoms with E-state index in [1.807, 2.05) is 6.21 Å². The number of nitrogens with one attached hydrogen (secondary N) is 2. The van der Waals surface area contributed by atoms with Crippen molar-refractivity contribution in [3.05, 3.63) is 12.2 Å². The van der Waals surface area contributed by atoms with Crippen LogP contribution in [-0.4, -0.2) is 29.4 Å². The fraction of sp³-hybridized carbons (Fsp3) is 0.778. The van der Waals surface area contributed by atoms with Crippen LogP contribution in [0.1, 0.15) is 52.9 Å². The van der Waals surface area contributed by atoms with Gasteiger partial charge in [0, 0.05) is 17.0 Å². The molecule has 0 aliphatic heterocycles. The van der Waals surface area contributed by atoms with Crippen molar-refractivity contribution in [1.29, 1.82) is 5.41 Å². The smallest absolute Gasteiger partial charge is 0.206 e. The lowest BCUT2D eigenvalue weighted by Gasteiger charge is -2.55. The summed E-state index contributed by atoms with van der Waals surface area (Å²) in [5.41, 5.74) is 12.2. The predicted molar refractivity (Wildman–Crippen MR) is 98.6 cm³/mol. The van der Waals surface area contributed by atoms with E-state index >= 15 is 0 Å². The highest BCUT2D eigenvalue weighted by Gasteiger charge is 2.66. The Morgan fingerprint density at radius 2 is 2.08 bits per heavy atom. The van der Waals surface area contributed by atoms with Crippen LogP contribution in [0.4, 0.5) is 0 Å². The molecule has 2 rings (SSSR count). The number of hydrazone groups is 1. The van der Waals surface area contributed by atoms with Gasteiger partial charge in [0.15, 0.2) is 0 Å². The maximum absolute atomic E-state index is 11.6. The molecule has 2 fully saturated rings. The quantitative estimate of drug-likeness (QED) is 0.228. The molecule has 136 valence electrons. The molecule has 0 heterocycles. The Labute approximate surface area is 145 Å². The van der Waals surface area contributed by atoms with E-state index in [4.69, 9.17) is 16.9 Å². The number of aliphatic hydroxyl groups is 1. The summed E-state index contributed by atoms with van der Waals surface area (Å²) in [5.74, 6) is 0.575. The summed E-state index contributed by atoms with van der Waals surface area (Å²) in [7, 11) is 0. The lowest BCUT2D eigenvalue weighted by atomic mass is 9.52. The molecule has 0 aromatic carbocycles. The van der Waals surface area contributed by atoms with Gasteiger partial charge in [-0.05, 0) is 50.5 Å². The number of nitrogens with zero attached hydrogens (tertiary/aromatic N) is 1. The van der Waals surface area contributed by atoms with Gasteiger partial charge in [-0.25, -0.2) is 5.43 Å². The minimum atomic E-state index is -0.708. The average Bonchev–Trinajstić information content (AvgIpc) is 2.75. The maximum Gasteiger partial charge on any atom is 0.206 e. The van der Waals surface area contributed by atoms with Gasteiger partial charge in [-0.1, -0.05) is 32.9 Å². The van der Waals surface area contributed by atoms with E-state index in [2.05, 4.69) is 43.5 Å². The van der Waals surface area contributed by atoms with Gasteiger partial charge in [0.2, 0.25) is 5.96 Å². The predicted octanol–water partition coefficient (Wildman–Crippen LogP) is 1.94. The highest BCUT2D eigenvalue weighted by atomic mass is 16.3. The molecular formula is C18H33N5O. The highest BCUT2D eigenvalue weighted by Crippen LogP contribution is 2.66. The van der Waals surface area contributed by atoms with Crippen LogP contribution in [0.15, 0.2) is 17.3 Å². The highest BCUT2D eigenvalue weighted by molar-refractivity contribution is 5.77. The zero-order valence-electron chi connectivity index (χ0n) is 15.2. The molecule has 0 radical (unpaired) electrons. The topological polar surface area (TPSA) is 121 Å². The molecular weight excluding hydrogens is 302 g/mol. The first-order valence-electron chi connectivity index (χ1n) is 8.97. The summed E-state index contributed by atoms with van der Waals surface area (Å²) < 4.78 is 0. The molecule has 6 nitrogen and oxygen atoms in total. The molecule has 0 spiro atoms. The summed E-state index contributed by atoms with van der Waals surface area (Å²) in [5, 5.41) is 23.1. The van der Waals surface area contributed by atoms with Crippen LogP contribution in [0, 0.1) is 28.1 Å². The zero-order valence-corrected chi connectivity index (χ0v) is 15.2. The van der Waals surface area contributed by atoms with Crippen LogP contribution in [0.25, 0.3) is 0 Å². The van der Waals surface area contributed by atoms with E-state index in [1.54, 1.807) is 0 Å². The van der Waals surface area contributed by atoms with E-state index in [0.717, 1.165) is 32.1 Å². The van der Waals surface area contributed by atoms with Gasteiger partial charge < -0.3 is 16.6 Å². The number of guanidine groups is 1. The number of hydrogen-bond acceptors (Lipinski definition) is 4. The molecule has 7 N–H and O–H groups in total. The van der Waals surface area contributed by atoms with Gasteiger partial charge in [0.1, 0.15) is 0 Å². The molecule has 2 saturated carbocycles. The first-order chi connectivity index (χ1) is 11.2. The van der Waals surface area contributed by atoms with Crippen LogP contribution in [0.5, 0.6) is 0 Å². The van der Waals surface area contributed by atoms with Crippen molar-refractivity contribution in [2.75, 3.05) is 6.54 Å². The molecule has 0 saturated heterocycles. The van der Waals surface area contributed by atoms with Crippen molar-refractivity contribution in [2.45, 2.75) is 58.5 Å². The van der Waals surface area contributed by atoms with E-state index in [0.29, 0.717) is 12.5 Å². The van der Waals surface area contributed by atoms with Gasteiger partial charge in [-0.15, -0.1) is 0 Å².